The van der Waals surface area contributed by atoms with Crippen molar-refractivity contribution in [1.82, 2.24) is 10.3 Å². The molecule has 6 nitrogen and oxygen atoms in total. The average molecular weight is 293 g/mol. The molecule has 1 aliphatic rings. The van der Waals surface area contributed by atoms with Crippen LogP contribution in [0.25, 0.3) is 0 Å². The van der Waals surface area contributed by atoms with E-state index in [4.69, 9.17) is 4.74 Å². The number of ether oxygens (including phenoxy) is 1. The van der Waals surface area contributed by atoms with E-state index in [0.29, 0.717) is 38.4 Å². The minimum Gasteiger partial charge on any atom is -0.387 e. The summed E-state index contributed by atoms with van der Waals surface area (Å²) in [4.78, 5) is 18.4. The fourth-order valence-electron chi connectivity index (χ4n) is 2.40. The van der Waals surface area contributed by atoms with Gasteiger partial charge < -0.3 is 20.1 Å². The number of anilines is 1. The number of hydrogen-bond donors (Lipinski definition) is 2. The van der Waals surface area contributed by atoms with Crippen molar-refractivity contribution in [2.24, 2.45) is 0 Å². The predicted octanol–water partition coefficient (Wildman–Crippen LogP) is 0.866. The molecule has 0 aromatic carbocycles. The Bertz CT molecular complexity index is 464. The van der Waals surface area contributed by atoms with Gasteiger partial charge in [0.05, 0.1) is 36.9 Å². The lowest BCUT2D eigenvalue weighted by Crippen LogP contribution is -2.54. The molecule has 2 atom stereocenters. The Labute approximate surface area is 125 Å². The highest BCUT2D eigenvalue weighted by molar-refractivity contribution is 5.85. The van der Waals surface area contributed by atoms with Crippen LogP contribution in [0.2, 0.25) is 0 Å². The molecule has 1 saturated heterocycles. The van der Waals surface area contributed by atoms with Crippen LogP contribution in [0.1, 0.15) is 32.1 Å². The maximum atomic E-state index is 12.1. The molecule has 0 spiro atoms. The zero-order chi connectivity index (χ0) is 15.2. The second-order valence-electron chi connectivity index (χ2n) is 5.04. The lowest BCUT2D eigenvalue weighted by molar-refractivity contribution is -0.124. The zero-order valence-corrected chi connectivity index (χ0v) is 12.6. The van der Waals surface area contributed by atoms with Crippen LogP contribution in [0, 0.1) is 0 Å². The van der Waals surface area contributed by atoms with Crippen molar-refractivity contribution < 1.29 is 14.6 Å². The van der Waals surface area contributed by atoms with Crippen molar-refractivity contribution in [1.29, 1.82) is 0 Å². The van der Waals surface area contributed by atoms with Crippen LogP contribution in [-0.4, -0.2) is 48.3 Å². The fraction of sp³-hybridized carbons (Fsp3) is 0.600. The molecule has 1 aromatic heterocycles. The topological polar surface area (TPSA) is 74.7 Å². The molecule has 0 saturated carbocycles. The molecule has 0 radical (unpaired) electrons. The van der Waals surface area contributed by atoms with E-state index in [1.54, 1.807) is 6.20 Å². The van der Waals surface area contributed by atoms with Crippen LogP contribution in [-0.2, 0) is 9.53 Å². The van der Waals surface area contributed by atoms with Gasteiger partial charge in [-0.15, -0.1) is 0 Å². The molecule has 1 fully saturated rings. The minimum atomic E-state index is -0.539. The zero-order valence-electron chi connectivity index (χ0n) is 12.6. The normalized spacial score (nSPS) is 20.1. The van der Waals surface area contributed by atoms with E-state index in [1.807, 2.05) is 30.9 Å². The number of carbonyl (C=O) groups is 1. The summed E-state index contributed by atoms with van der Waals surface area (Å²) in [6, 6.07) is 3.38. The summed E-state index contributed by atoms with van der Waals surface area (Å²) in [5, 5.41) is 12.6. The predicted molar refractivity (Wildman–Crippen MR) is 80.1 cm³/mol. The van der Waals surface area contributed by atoms with E-state index in [-0.39, 0.29) is 11.9 Å². The van der Waals surface area contributed by atoms with Crippen LogP contribution in [0.15, 0.2) is 18.3 Å². The molecule has 0 bridgehead atoms. The van der Waals surface area contributed by atoms with Crippen molar-refractivity contribution in [2.75, 3.05) is 31.2 Å². The first kappa shape index (κ1) is 15.7. The van der Waals surface area contributed by atoms with Gasteiger partial charge in [0.15, 0.2) is 0 Å². The smallest absolute Gasteiger partial charge is 0.245 e. The number of rotatable bonds is 5. The number of carbonyl (C=O) groups excluding carboxylic acids is 1. The quantitative estimate of drug-likeness (QED) is 0.842. The Hall–Kier alpha value is -1.66. The van der Waals surface area contributed by atoms with Gasteiger partial charge in [-0.2, -0.15) is 0 Å². The molecule has 2 rings (SSSR count). The fourth-order valence-corrected chi connectivity index (χ4v) is 2.40. The van der Waals surface area contributed by atoms with Gasteiger partial charge in [-0.3, -0.25) is 9.78 Å². The van der Waals surface area contributed by atoms with E-state index in [0.717, 1.165) is 5.69 Å². The van der Waals surface area contributed by atoms with Crippen LogP contribution >= 0.6 is 0 Å². The maximum absolute atomic E-state index is 12.1. The maximum Gasteiger partial charge on any atom is 0.245 e. The highest BCUT2D eigenvalue weighted by atomic mass is 16.5. The van der Waals surface area contributed by atoms with Crippen LogP contribution < -0.4 is 10.2 Å². The second kappa shape index (κ2) is 7.38. The first-order valence-corrected chi connectivity index (χ1v) is 7.43. The van der Waals surface area contributed by atoms with Gasteiger partial charge in [0, 0.05) is 13.1 Å². The van der Waals surface area contributed by atoms with Gasteiger partial charge in [0.1, 0.15) is 6.04 Å². The summed E-state index contributed by atoms with van der Waals surface area (Å²) in [6.45, 7) is 6.03. The van der Waals surface area contributed by atoms with Gasteiger partial charge in [-0.25, -0.2) is 0 Å². The average Bonchev–Trinajstić information content (AvgIpc) is 2.54. The second-order valence-corrected chi connectivity index (χ2v) is 5.04. The Kier molecular flexibility index (Phi) is 5.52. The molecule has 2 heterocycles. The first-order valence-electron chi connectivity index (χ1n) is 7.43. The standard InChI is InChI=1S/C15H23N3O3/c1-3-14(19)12-6-5-11(9-17-12)18-7-8-21-10-13(18)15(20)16-4-2/h5-6,9,13-14,19H,3-4,7-8,10H2,1-2H3,(H,16,20)/t13?,14-/m0/s1. The SMILES string of the molecule is CCNC(=O)C1COCCN1c1ccc([C@@H](O)CC)nc1. The van der Waals surface area contributed by atoms with E-state index >= 15 is 0 Å². The van der Waals surface area contributed by atoms with Crippen molar-refractivity contribution in [3.8, 4) is 0 Å². The number of aliphatic hydroxyl groups is 1. The van der Waals surface area contributed by atoms with Crippen LogP contribution in [0.3, 0.4) is 0 Å². The Balaban J connectivity index is 2.15. The lowest BCUT2D eigenvalue weighted by atomic mass is 10.1. The third-order valence-electron chi connectivity index (χ3n) is 3.61. The first-order chi connectivity index (χ1) is 10.2. The van der Waals surface area contributed by atoms with Gasteiger partial charge in [0.2, 0.25) is 5.91 Å². The number of hydrogen-bond acceptors (Lipinski definition) is 5. The molecule has 2 N–H and O–H groups in total. The number of nitrogens with zero attached hydrogens (tertiary/aromatic N) is 2. The number of aliphatic hydroxyl groups excluding tert-OH is 1. The molecule has 1 aromatic rings. The van der Waals surface area contributed by atoms with Crippen molar-refractivity contribution >= 4 is 11.6 Å². The number of nitrogens with one attached hydrogen (secondary N) is 1. The third kappa shape index (κ3) is 3.71. The summed E-state index contributed by atoms with van der Waals surface area (Å²) in [5.74, 6) is -0.0325. The van der Waals surface area contributed by atoms with Crippen molar-refractivity contribution in [3.63, 3.8) is 0 Å². The third-order valence-corrected chi connectivity index (χ3v) is 3.61. The minimum absolute atomic E-state index is 0.0325. The van der Waals surface area contributed by atoms with Crippen molar-refractivity contribution in [3.05, 3.63) is 24.0 Å². The van der Waals surface area contributed by atoms with Crippen molar-refractivity contribution in [2.45, 2.75) is 32.4 Å². The number of aromatic nitrogens is 1. The molecule has 1 unspecified atom stereocenters. The Morgan fingerprint density at radius 3 is 3.00 bits per heavy atom. The summed E-state index contributed by atoms with van der Waals surface area (Å²) in [5.41, 5.74) is 1.53. The Morgan fingerprint density at radius 1 is 1.57 bits per heavy atom. The van der Waals surface area contributed by atoms with Crippen LogP contribution in [0.5, 0.6) is 0 Å². The van der Waals surface area contributed by atoms with Gasteiger partial charge >= 0.3 is 0 Å². The van der Waals surface area contributed by atoms with Gasteiger partial charge in [-0.05, 0) is 25.5 Å². The molecular formula is C15H23N3O3. The van der Waals surface area contributed by atoms with Gasteiger partial charge in [-0.1, -0.05) is 6.92 Å². The molecule has 6 heteroatoms. The monoisotopic (exact) mass is 293 g/mol. The summed E-state index contributed by atoms with van der Waals surface area (Å²) in [6.07, 6.45) is 1.81. The number of pyridine rings is 1. The summed E-state index contributed by atoms with van der Waals surface area (Å²) < 4.78 is 5.42. The number of amides is 1. The van der Waals surface area contributed by atoms with E-state index < -0.39 is 6.10 Å². The van der Waals surface area contributed by atoms with Gasteiger partial charge in [0.25, 0.3) is 0 Å². The van der Waals surface area contributed by atoms with Crippen LogP contribution in [0.4, 0.5) is 5.69 Å². The lowest BCUT2D eigenvalue weighted by Gasteiger charge is -2.36. The Morgan fingerprint density at radius 2 is 2.38 bits per heavy atom. The van der Waals surface area contributed by atoms with E-state index in [9.17, 15) is 9.90 Å². The summed E-state index contributed by atoms with van der Waals surface area (Å²) in [7, 11) is 0. The number of likely N-dealkylation sites (N-methyl/N-ethyl adjacent to an activating group) is 1. The number of morpholine rings is 1. The molecule has 1 aliphatic heterocycles. The molecule has 21 heavy (non-hydrogen) atoms. The van der Waals surface area contributed by atoms with E-state index in [2.05, 4.69) is 10.3 Å². The highest BCUT2D eigenvalue weighted by Crippen LogP contribution is 2.21. The summed E-state index contributed by atoms with van der Waals surface area (Å²) >= 11 is 0. The molecule has 0 aliphatic carbocycles. The molecular weight excluding hydrogens is 270 g/mol. The van der Waals surface area contributed by atoms with E-state index in [1.165, 1.54) is 0 Å². The largest absolute Gasteiger partial charge is 0.387 e. The highest BCUT2D eigenvalue weighted by Gasteiger charge is 2.29. The molecule has 1 amide bonds. The molecule has 116 valence electrons.